The Hall–Kier alpha value is -0.280. The second-order valence-electron chi connectivity index (χ2n) is 2.75. The van der Waals surface area contributed by atoms with Gasteiger partial charge in [-0.1, -0.05) is 15.9 Å². The molecule has 0 fully saturated rings. The molecule has 0 saturated carbocycles. The van der Waals surface area contributed by atoms with Crippen molar-refractivity contribution in [2.75, 3.05) is 0 Å². The number of fused-ring (bicyclic) bond motifs is 1. The van der Waals surface area contributed by atoms with Crippen molar-refractivity contribution in [2.45, 2.75) is 6.92 Å². The molecule has 1 nitrogen and oxygen atoms in total. The van der Waals surface area contributed by atoms with Crippen molar-refractivity contribution in [3.63, 3.8) is 0 Å². The number of aryl methyl sites for hydroxylation is 1. The number of halogens is 2. The average molecular weight is 289 g/mol. The number of hydrogen-bond donors (Lipinski definition) is 1. The molecule has 0 radical (unpaired) electrons. The lowest BCUT2D eigenvalue weighted by molar-refractivity contribution is 1.42. The third-order valence-corrected chi connectivity index (χ3v) is 3.25. The third kappa shape index (κ3) is 1.12. The second kappa shape index (κ2) is 2.89. The summed E-state index contributed by atoms with van der Waals surface area (Å²) in [7, 11) is 0. The second-order valence-corrected chi connectivity index (χ2v) is 4.46. The van der Waals surface area contributed by atoms with E-state index in [1.165, 1.54) is 10.9 Å². The summed E-state index contributed by atoms with van der Waals surface area (Å²) in [5.41, 5.74) is 2.42. The molecule has 0 aliphatic carbocycles. The van der Waals surface area contributed by atoms with Crippen molar-refractivity contribution >= 4 is 42.8 Å². The van der Waals surface area contributed by atoms with E-state index < -0.39 is 0 Å². The summed E-state index contributed by atoms with van der Waals surface area (Å²) in [6.45, 7) is 2.09. The van der Waals surface area contributed by atoms with Crippen LogP contribution in [0.5, 0.6) is 0 Å². The van der Waals surface area contributed by atoms with Crippen molar-refractivity contribution in [3.8, 4) is 0 Å². The van der Waals surface area contributed by atoms with Crippen LogP contribution in [0.2, 0.25) is 0 Å². The molecule has 0 saturated heterocycles. The lowest BCUT2D eigenvalue weighted by Gasteiger charge is -1.97. The number of hydrogen-bond acceptors (Lipinski definition) is 0. The Labute approximate surface area is 87.4 Å². The maximum Gasteiger partial charge on any atom is 0.0612 e. The van der Waals surface area contributed by atoms with Crippen LogP contribution in [-0.2, 0) is 0 Å². The van der Waals surface area contributed by atoms with Crippen LogP contribution in [0.1, 0.15) is 5.56 Å². The molecule has 62 valence electrons. The fraction of sp³-hybridized carbons (Fsp3) is 0.111. The highest BCUT2D eigenvalue weighted by Crippen LogP contribution is 2.31. The molecule has 1 N–H and O–H groups in total. The first-order valence-electron chi connectivity index (χ1n) is 3.62. The summed E-state index contributed by atoms with van der Waals surface area (Å²) in [4.78, 5) is 3.22. The SMILES string of the molecule is Cc1c[nH]c2c(Br)ccc(Br)c12. The molecule has 0 atom stereocenters. The van der Waals surface area contributed by atoms with Gasteiger partial charge in [-0.25, -0.2) is 0 Å². The molecular formula is C9H7Br2N. The van der Waals surface area contributed by atoms with E-state index >= 15 is 0 Å². The van der Waals surface area contributed by atoms with Gasteiger partial charge in [0.05, 0.1) is 5.52 Å². The van der Waals surface area contributed by atoms with E-state index in [1.54, 1.807) is 0 Å². The zero-order chi connectivity index (χ0) is 8.72. The van der Waals surface area contributed by atoms with E-state index in [2.05, 4.69) is 43.8 Å². The molecule has 0 aliphatic heterocycles. The van der Waals surface area contributed by atoms with Gasteiger partial charge in [0.2, 0.25) is 0 Å². The predicted octanol–water partition coefficient (Wildman–Crippen LogP) is 4.00. The van der Waals surface area contributed by atoms with E-state index in [0.29, 0.717) is 0 Å². The van der Waals surface area contributed by atoms with Crippen LogP contribution in [0.15, 0.2) is 27.3 Å². The topological polar surface area (TPSA) is 15.8 Å². The number of aromatic amines is 1. The Balaban J connectivity index is 2.98. The van der Waals surface area contributed by atoms with Gasteiger partial charge >= 0.3 is 0 Å². The normalized spacial score (nSPS) is 10.9. The maximum atomic E-state index is 3.52. The number of benzene rings is 1. The van der Waals surface area contributed by atoms with Crippen LogP contribution in [0, 0.1) is 6.92 Å². The third-order valence-electron chi connectivity index (χ3n) is 1.93. The minimum Gasteiger partial charge on any atom is -0.360 e. The van der Waals surface area contributed by atoms with Gasteiger partial charge in [-0.15, -0.1) is 0 Å². The van der Waals surface area contributed by atoms with Crippen LogP contribution in [-0.4, -0.2) is 4.98 Å². The Bertz CT molecular complexity index is 431. The molecule has 1 heterocycles. The summed E-state index contributed by atoms with van der Waals surface area (Å²) in [5, 5.41) is 1.25. The number of aromatic nitrogens is 1. The highest BCUT2D eigenvalue weighted by Gasteiger charge is 2.05. The monoisotopic (exact) mass is 287 g/mol. The summed E-state index contributed by atoms with van der Waals surface area (Å²) >= 11 is 7.01. The van der Waals surface area contributed by atoms with Gasteiger partial charge in [-0.3, -0.25) is 0 Å². The Kier molecular flexibility index (Phi) is 2.00. The van der Waals surface area contributed by atoms with Crippen molar-refractivity contribution in [1.82, 2.24) is 4.98 Å². The van der Waals surface area contributed by atoms with Gasteiger partial charge in [0.25, 0.3) is 0 Å². The lowest BCUT2D eigenvalue weighted by atomic mass is 10.2. The molecule has 1 aromatic carbocycles. The average Bonchev–Trinajstić information content (AvgIpc) is 2.42. The van der Waals surface area contributed by atoms with Crippen molar-refractivity contribution in [3.05, 3.63) is 32.8 Å². The first-order chi connectivity index (χ1) is 5.70. The van der Waals surface area contributed by atoms with E-state index in [9.17, 15) is 0 Å². The van der Waals surface area contributed by atoms with Gasteiger partial charge in [-0.05, 0) is 40.5 Å². The minimum absolute atomic E-state index is 1.11. The van der Waals surface area contributed by atoms with Crippen LogP contribution in [0.4, 0.5) is 0 Å². The summed E-state index contributed by atoms with van der Waals surface area (Å²) in [6.07, 6.45) is 2.01. The first kappa shape index (κ1) is 8.32. The highest BCUT2D eigenvalue weighted by atomic mass is 79.9. The van der Waals surface area contributed by atoms with Crippen LogP contribution < -0.4 is 0 Å². The molecule has 0 bridgehead atoms. The fourth-order valence-corrected chi connectivity index (χ4v) is 2.42. The van der Waals surface area contributed by atoms with E-state index in [4.69, 9.17) is 0 Å². The molecule has 3 heteroatoms. The van der Waals surface area contributed by atoms with Gasteiger partial charge < -0.3 is 4.98 Å². The number of H-pyrrole nitrogens is 1. The molecule has 2 rings (SSSR count). The van der Waals surface area contributed by atoms with E-state index in [1.807, 2.05) is 18.3 Å². The zero-order valence-corrected chi connectivity index (χ0v) is 9.66. The highest BCUT2D eigenvalue weighted by molar-refractivity contribution is 9.11. The molecular weight excluding hydrogens is 282 g/mol. The molecule has 1 aromatic heterocycles. The molecule has 0 spiro atoms. The van der Waals surface area contributed by atoms with Gasteiger partial charge in [-0.2, -0.15) is 0 Å². The fourth-order valence-electron chi connectivity index (χ4n) is 1.33. The van der Waals surface area contributed by atoms with Crippen LogP contribution in [0.3, 0.4) is 0 Å². The summed E-state index contributed by atoms with van der Waals surface area (Å²) in [6, 6.07) is 4.08. The van der Waals surface area contributed by atoms with Crippen molar-refractivity contribution in [1.29, 1.82) is 0 Å². The first-order valence-corrected chi connectivity index (χ1v) is 5.20. The van der Waals surface area contributed by atoms with Crippen LogP contribution in [0.25, 0.3) is 10.9 Å². The molecule has 0 aliphatic rings. The smallest absolute Gasteiger partial charge is 0.0612 e. The van der Waals surface area contributed by atoms with Gasteiger partial charge in [0.15, 0.2) is 0 Å². The molecule has 12 heavy (non-hydrogen) atoms. The molecule has 2 aromatic rings. The number of nitrogens with one attached hydrogen (secondary N) is 1. The summed E-state index contributed by atoms with van der Waals surface area (Å²) in [5.74, 6) is 0. The Morgan fingerprint density at radius 2 is 1.83 bits per heavy atom. The minimum atomic E-state index is 1.11. The molecule has 0 unspecified atom stereocenters. The largest absolute Gasteiger partial charge is 0.360 e. The quantitative estimate of drug-likeness (QED) is 0.754. The zero-order valence-electron chi connectivity index (χ0n) is 6.49. The molecule has 0 amide bonds. The number of rotatable bonds is 0. The van der Waals surface area contributed by atoms with Crippen molar-refractivity contribution < 1.29 is 0 Å². The van der Waals surface area contributed by atoms with Gasteiger partial charge in [0.1, 0.15) is 0 Å². The lowest BCUT2D eigenvalue weighted by Crippen LogP contribution is -1.73. The predicted molar refractivity (Wildman–Crippen MR) is 58.4 cm³/mol. The Morgan fingerprint density at radius 3 is 2.50 bits per heavy atom. The van der Waals surface area contributed by atoms with Gasteiger partial charge in [0, 0.05) is 20.5 Å². The Morgan fingerprint density at radius 1 is 1.17 bits per heavy atom. The van der Waals surface area contributed by atoms with Crippen LogP contribution >= 0.6 is 31.9 Å². The van der Waals surface area contributed by atoms with Crippen molar-refractivity contribution in [2.24, 2.45) is 0 Å². The van der Waals surface area contributed by atoms with E-state index in [-0.39, 0.29) is 0 Å². The standard InChI is InChI=1S/C9H7Br2N/c1-5-4-12-9-7(11)3-2-6(10)8(5)9/h2-4,12H,1H3. The van der Waals surface area contributed by atoms with E-state index in [0.717, 1.165) is 14.5 Å². The summed E-state index contributed by atoms with van der Waals surface area (Å²) < 4.78 is 2.24. The maximum absolute atomic E-state index is 3.52.